The molecule has 1 aliphatic heterocycles. The number of anilines is 1. The summed E-state index contributed by atoms with van der Waals surface area (Å²) in [6.45, 7) is 6.52. The van der Waals surface area contributed by atoms with E-state index in [1.807, 2.05) is 24.3 Å². The van der Waals surface area contributed by atoms with Crippen molar-refractivity contribution in [3.05, 3.63) is 52.7 Å². The van der Waals surface area contributed by atoms with Gasteiger partial charge in [-0.25, -0.2) is 9.78 Å². The van der Waals surface area contributed by atoms with Gasteiger partial charge >= 0.3 is 5.97 Å². The summed E-state index contributed by atoms with van der Waals surface area (Å²) in [5.41, 5.74) is 1.57. The Kier molecular flexibility index (Phi) is 6.53. The number of halogens is 1. The molecule has 6 nitrogen and oxygen atoms in total. The minimum Gasteiger partial charge on any atom is -0.496 e. The van der Waals surface area contributed by atoms with E-state index in [4.69, 9.17) is 21.1 Å². The predicted octanol–water partition coefficient (Wildman–Crippen LogP) is 3.24. The van der Waals surface area contributed by atoms with Crippen LogP contribution in [0.25, 0.3) is 0 Å². The molecule has 0 radical (unpaired) electrons. The van der Waals surface area contributed by atoms with Gasteiger partial charge in [0.25, 0.3) is 0 Å². The molecule has 144 valence electrons. The SMILES string of the molecule is CCOC(=O)c1ccc(N2CCN(Cc3cc(Cl)ccc3OC)CC2)nc1. The third-order valence-corrected chi connectivity index (χ3v) is 4.83. The molecule has 1 aliphatic rings. The highest BCUT2D eigenvalue weighted by atomic mass is 35.5. The Morgan fingerprint density at radius 3 is 2.59 bits per heavy atom. The first-order valence-corrected chi connectivity index (χ1v) is 9.41. The van der Waals surface area contributed by atoms with Gasteiger partial charge in [-0.3, -0.25) is 4.90 Å². The van der Waals surface area contributed by atoms with Crippen LogP contribution in [0.4, 0.5) is 5.82 Å². The summed E-state index contributed by atoms with van der Waals surface area (Å²) in [5.74, 6) is 1.40. The van der Waals surface area contributed by atoms with E-state index in [0.29, 0.717) is 12.2 Å². The van der Waals surface area contributed by atoms with Crippen molar-refractivity contribution in [3.63, 3.8) is 0 Å². The number of carbonyl (C=O) groups is 1. The number of carbonyl (C=O) groups excluding carboxylic acids is 1. The molecule has 0 unspecified atom stereocenters. The topological polar surface area (TPSA) is 54.9 Å². The fourth-order valence-electron chi connectivity index (χ4n) is 3.15. The molecule has 1 fully saturated rings. The maximum atomic E-state index is 11.7. The van der Waals surface area contributed by atoms with E-state index in [1.165, 1.54) is 0 Å². The number of aromatic nitrogens is 1. The lowest BCUT2D eigenvalue weighted by molar-refractivity contribution is 0.0526. The molecule has 27 heavy (non-hydrogen) atoms. The highest BCUT2D eigenvalue weighted by molar-refractivity contribution is 6.30. The molecule has 3 rings (SSSR count). The highest BCUT2D eigenvalue weighted by Crippen LogP contribution is 2.25. The van der Waals surface area contributed by atoms with Gasteiger partial charge in [-0.05, 0) is 37.3 Å². The zero-order chi connectivity index (χ0) is 19.2. The number of esters is 1. The molecule has 1 aromatic carbocycles. The summed E-state index contributed by atoms with van der Waals surface area (Å²) in [4.78, 5) is 20.7. The average Bonchev–Trinajstić information content (AvgIpc) is 2.69. The Morgan fingerprint density at radius 1 is 1.19 bits per heavy atom. The molecule has 2 heterocycles. The van der Waals surface area contributed by atoms with Crippen molar-refractivity contribution in [2.24, 2.45) is 0 Å². The average molecular weight is 390 g/mol. The summed E-state index contributed by atoms with van der Waals surface area (Å²) in [6.07, 6.45) is 1.58. The van der Waals surface area contributed by atoms with Gasteiger partial charge in [-0.2, -0.15) is 0 Å². The summed E-state index contributed by atoms with van der Waals surface area (Å²) in [5, 5.41) is 0.718. The first kappa shape index (κ1) is 19.5. The van der Waals surface area contributed by atoms with Crippen molar-refractivity contribution >= 4 is 23.4 Å². The van der Waals surface area contributed by atoms with Crippen molar-refractivity contribution in [1.29, 1.82) is 0 Å². The normalized spacial score (nSPS) is 14.9. The maximum absolute atomic E-state index is 11.7. The Labute approximate surface area is 164 Å². The molecule has 1 saturated heterocycles. The molecule has 1 aromatic heterocycles. The van der Waals surface area contributed by atoms with Crippen LogP contribution in [0.2, 0.25) is 5.02 Å². The summed E-state index contributed by atoms with van der Waals surface area (Å²) in [7, 11) is 1.68. The lowest BCUT2D eigenvalue weighted by Gasteiger charge is -2.35. The van der Waals surface area contributed by atoms with Gasteiger partial charge < -0.3 is 14.4 Å². The Hall–Kier alpha value is -2.31. The van der Waals surface area contributed by atoms with E-state index in [1.54, 1.807) is 26.3 Å². The van der Waals surface area contributed by atoms with Crippen molar-refractivity contribution in [2.75, 3.05) is 44.8 Å². The van der Waals surface area contributed by atoms with Crippen LogP contribution in [0.1, 0.15) is 22.8 Å². The van der Waals surface area contributed by atoms with E-state index in [0.717, 1.165) is 54.9 Å². The Morgan fingerprint density at radius 2 is 1.96 bits per heavy atom. The van der Waals surface area contributed by atoms with Crippen LogP contribution < -0.4 is 9.64 Å². The second-order valence-electron chi connectivity index (χ2n) is 6.34. The zero-order valence-electron chi connectivity index (χ0n) is 15.7. The minimum atomic E-state index is -0.336. The van der Waals surface area contributed by atoms with Crippen LogP contribution in [-0.4, -0.2) is 55.7 Å². The highest BCUT2D eigenvalue weighted by Gasteiger charge is 2.20. The smallest absolute Gasteiger partial charge is 0.339 e. The quantitative estimate of drug-likeness (QED) is 0.707. The van der Waals surface area contributed by atoms with Crippen LogP contribution in [-0.2, 0) is 11.3 Å². The molecule has 0 spiro atoms. The molecule has 0 amide bonds. The monoisotopic (exact) mass is 389 g/mol. The van der Waals surface area contributed by atoms with E-state index in [2.05, 4.69) is 14.8 Å². The van der Waals surface area contributed by atoms with Crippen LogP contribution >= 0.6 is 11.6 Å². The summed E-state index contributed by atoms with van der Waals surface area (Å²) >= 11 is 6.13. The van der Waals surface area contributed by atoms with Gasteiger partial charge in [0.1, 0.15) is 11.6 Å². The van der Waals surface area contributed by atoms with Gasteiger partial charge in [0.05, 0.1) is 19.3 Å². The Bertz CT molecular complexity index is 775. The maximum Gasteiger partial charge on any atom is 0.339 e. The van der Waals surface area contributed by atoms with E-state index in [-0.39, 0.29) is 5.97 Å². The molecule has 0 aliphatic carbocycles. The van der Waals surface area contributed by atoms with Crippen molar-refractivity contribution < 1.29 is 14.3 Å². The van der Waals surface area contributed by atoms with Gasteiger partial charge in [0.2, 0.25) is 0 Å². The van der Waals surface area contributed by atoms with E-state index in [9.17, 15) is 4.79 Å². The number of hydrogen-bond acceptors (Lipinski definition) is 6. The zero-order valence-corrected chi connectivity index (χ0v) is 16.4. The van der Waals surface area contributed by atoms with E-state index < -0.39 is 0 Å². The fourth-order valence-corrected chi connectivity index (χ4v) is 3.35. The second kappa shape index (κ2) is 9.06. The largest absolute Gasteiger partial charge is 0.496 e. The molecule has 7 heteroatoms. The summed E-state index contributed by atoms with van der Waals surface area (Å²) < 4.78 is 10.4. The lowest BCUT2D eigenvalue weighted by atomic mass is 10.1. The molecule has 2 aromatic rings. The molecule has 0 N–H and O–H groups in total. The van der Waals surface area contributed by atoms with Crippen molar-refractivity contribution in [2.45, 2.75) is 13.5 Å². The minimum absolute atomic E-state index is 0.336. The van der Waals surface area contributed by atoms with E-state index >= 15 is 0 Å². The number of nitrogens with zero attached hydrogens (tertiary/aromatic N) is 3. The molecule has 0 saturated carbocycles. The van der Waals surface area contributed by atoms with Crippen LogP contribution in [0.3, 0.4) is 0 Å². The first-order chi connectivity index (χ1) is 13.1. The van der Waals surface area contributed by atoms with Crippen LogP contribution in [0, 0.1) is 0 Å². The molecular formula is C20H24ClN3O3. The number of rotatable bonds is 6. The predicted molar refractivity (Wildman–Crippen MR) is 106 cm³/mol. The first-order valence-electron chi connectivity index (χ1n) is 9.03. The third-order valence-electron chi connectivity index (χ3n) is 4.59. The van der Waals surface area contributed by atoms with Crippen LogP contribution in [0.15, 0.2) is 36.5 Å². The second-order valence-corrected chi connectivity index (χ2v) is 6.78. The van der Waals surface area contributed by atoms with Crippen molar-refractivity contribution in [1.82, 2.24) is 9.88 Å². The number of pyridine rings is 1. The van der Waals surface area contributed by atoms with Crippen molar-refractivity contribution in [3.8, 4) is 5.75 Å². The number of piperazine rings is 1. The number of methoxy groups -OCH3 is 1. The molecule has 0 bridgehead atoms. The standard InChI is InChI=1S/C20H24ClN3O3/c1-3-27-20(25)15-4-7-19(22-13-15)24-10-8-23(9-11-24)14-16-12-17(21)5-6-18(16)26-2/h4-7,12-13H,3,8-11,14H2,1-2H3. The van der Waals surface area contributed by atoms with Crippen LogP contribution in [0.5, 0.6) is 5.75 Å². The summed E-state index contributed by atoms with van der Waals surface area (Å²) in [6, 6.07) is 9.35. The van der Waals surface area contributed by atoms with Gasteiger partial charge in [-0.15, -0.1) is 0 Å². The third kappa shape index (κ3) is 4.90. The fraction of sp³-hybridized carbons (Fsp3) is 0.400. The number of benzene rings is 1. The number of hydrogen-bond donors (Lipinski definition) is 0. The van der Waals surface area contributed by atoms with Gasteiger partial charge in [-0.1, -0.05) is 11.6 Å². The molecule has 0 atom stereocenters. The number of ether oxygens (including phenoxy) is 2. The van der Waals surface area contributed by atoms with Gasteiger partial charge in [0.15, 0.2) is 0 Å². The lowest BCUT2D eigenvalue weighted by Crippen LogP contribution is -2.46. The Balaban J connectivity index is 1.57. The van der Waals surface area contributed by atoms with Gasteiger partial charge in [0, 0.05) is 49.5 Å². The molecular weight excluding hydrogens is 366 g/mol.